The van der Waals surface area contributed by atoms with Crippen LogP contribution in [0, 0.1) is 0 Å². The van der Waals surface area contributed by atoms with E-state index in [1.165, 1.54) is 0 Å². The third-order valence-corrected chi connectivity index (χ3v) is 1.38. The second kappa shape index (κ2) is 5.74. The predicted octanol–water partition coefficient (Wildman–Crippen LogP) is -3.67. The van der Waals surface area contributed by atoms with E-state index in [0.29, 0.717) is 6.08 Å². The maximum atomic E-state index is 10.3. The molecule has 0 aliphatic carbocycles. The number of hydrogen-bond donors (Lipinski definition) is 0. The van der Waals surface area contributed by atoms with E-state index in [1.807, 2.05) is 0 Å². The van der Waals surface area contributed by atoms with E-state index >= 15 is 0 Å². The van der Waals surface area contributed by atoms with Crippen molar-refractivity contribution in [3.8, 4) is 0 Å². The van der Waals surface area contributed by atoms with Crippen molar-refractivity contribution in [2.75, 3.05) is 0 Å². The zero-order chi connectivity index (χ0) is 11.1. The lowest BCUT2D eigenvalue weighted by Gasteiger charge is -2.09. The standard InChI is InChI=1S/C8H10O6/c9-6(10)3-1-2-5(8(13)14)4-7(11)12/h4H,1-3H2,(H,9,10)(H,11,12)(H,13,14)/p-3/b5-4-. The molecule has 0 aliphatic heterocycles. The number of rotatable bonds is 6. The van der Waals surface area contributed by atoms with Crippen LogP contribution in [0.5, 0.6) is 0 Å². The van der Waals surface area contributed by atoms with Gasteiger partial charge < -0.3 is 29.7 Å². The summed E-state index contributed by atoms with van der Waals surface area (Å²) in [6.07, 6.45) is -0.179. The molecule has 0 amide bonds. The molecule has 14 heavy (non-hydrogen) atoms. The summed E-state index contributed by atoms with van der Waals surface area (Å²) in [7, 11) is 0. The Morgan fingerprint density at radius 1 is 1.00 bits per heavy atom. The van der Waals surface area contributed by atoms with Gasteiger partial charge in [0.15, 0.2) is 0 Å². The molecule has 0 radical (unpaired) electrons. The molecule has 6 heteroatoms. The van der Waals surface area contributed by atoms with Crippen LogP contribution in [0.2, 0.25) is 0 Å². The highest BCUT2D eigenvalue weighted by Crippen LogP contribution is 2.05. The van der Waals surface area contributed by atoms with Gasteiger partial charge in [-0.05, 0) is 30.9 Å². The van der Waals surface area contributed by atoms with Crippen molar-refractivity contribution < 1.29 is 29.7 Å². The average molecular weight is 199 g/mol. The maximum Gasteiger partial charge on any atom is 0.0675 e. The summed E-state index contributed by atoms with van der Waals surface area (Å²) >= 11 is 0. The van der Waals surface area contributed by atoms with Crippen LogP contribution in [0.1, 0.15) is 19.3 Å². The molecular formula is C8H7O6-3. The number of carbonyl (C=O) groups is 3. The molecule has 0 aliphatic rings. The molecule has 0 saturated carbocycles. The molecule has 0 rings (SSSR count). The van der Waals surface area contributed by atoms with Crippen molar-refractivity contribution in [3.63, 3.8) is 0 Å². The minimum atomic E-state index is -1.65. The molecule has 0 aromatic carbocycles. The lowest BCUT2D eigenvalue weighted by atomic mass is 10.1. The van der Waals surface area contributed by atoms with E-state index < -0.39 is 23.5 Å². The molecule has 0 aromatic rings. The molecule has 0 fully saturated rings. The van der Waals surface area contributed by atoms with Crippen LogP contribution in [0.25, 0.3) is 0 Å². The highest BCUT2D eigenvalue weighted by molar-refractivity contribution is 5.92. The highest BCUT2D eigenvalue weighted by Gasteiger charge is 1.99. The molecule has 78 valence electrons. The first-order chi connectivity index (χ1) is 6.43. The summed E-state index contributed by atoms with van der Waals surface area (Å²) in [4.78, 5) is 30.2. The Morgan fingerprint density at radius 2 is 1.57 bits per heavy atom. The van der Waals surface area contributed by atoms with E-state index in [-0.39, 0.29) is 19.3 Å². The van der Waals surface area contributed by atoms with Gasteiger partial charge in [-0.1, -0.05) is 0 Å². The van der Waals surface area contributed by atoms with Crippen LogP contribution in [0.15, 0.2) is 11.6 Å². The minimum absolute atomic E-state index is 0.0184. The Morgan fingerprint density at radius 3 is 1.93 bits per heavy atom. The summed E-state index contributed by atoms with van der Waals surface area (Å²) < 4.78 is 0. The number of hydrogen-bond acceptors (Lipinski definition) is 6. The summed E-state index contributed by atoms with van der Waals surface area (Å²) in [5.41, 5.74) is -0.494. The van der Waals surface area contributed by atoms with Crippen LogP contribution in [0.3, 0.4) is 0 Å². The fourth-order valence-corrected chi connectivity index (χ4v) is 0.799. The Bertz CT molecular complexity index is 278. The van der Waals surface area contributed by atoms with E-state index in [2.05, 4.69) is 0 Å². The Labute approximate surface area is 79.5 Å². The summed E-state index contributed by atoms with van der Waals surface area (Å²) in [6, 6.07) is 0. The number of aliphatic carboxylic acids is 3. The first kappa shape index (κ1) is 12.2. The molecule has 6 nitrogen and oxygen atoms in total. The zero-order valence-corrected chi connectivity index (χ0v) is 7.15. The molecule has 0 aromatic heterocycles. The van der Waals surface area contributed by atoms with E-state index in [4.69, 9.17) is 0 Å². The molecule has 0 saturated heterocycles. The van der Waals surface area contributed by atoms with Gasteiger partial charge in [0, 0.05) is 5.97 Å². The Hall–Kier alpha value is -1.85. The second-order valence-corrected chi connectivity index (χ2v) is 2.50. The van der Waals surface area contributed by atoms with Crippen molar-refractivity contribution in [2.45, 2.75) is 19.3 Å². The van der Waals surface area contributed by atoms with Gasteiger partial charge in [0.2, 0.25) is 0 Å². The van der Waals surface area contributed by atoms with Crippen LogP contribution >= 0.6 is 0 Å². The van der Waals surface area contributed by atoms with Gasteiger partial charge in [0.25, 0.3) is 0 Å². The maximum absolute atomic E-state index is 10.3. The van der Waals surface area contributed by atoms with Gasteiger partial charge in [-0.15, -0.1) is 0 Å². The molecule has 0 spiro atoms. The number of carboxylic acid groups (broad SMARTS) is 3. The normalized spacial score (nSPS) is 11.0. The Kier molecular flexibility index (Phi) is 4.98. The Balaban J connectivity index is 4.19. The third-order valence-electron chi connectivity index (χ3n) is 1.38. The third kappa shape index (κ3) is 5.76. The van der Waals surface area contributed by atoms with Gasteiger partial charge in [-0.3, -0.25) is 0 Å². The molecule has 0 bridgehead atoms. The topological polar surface area (TPSA) is 120 Å². The zero-order valence-electron chi connectivity index (χ0n) is 7.15. The van der Waals surface area contributed by atoms with Gasteiger partial charge >= 0.3 is 0 Å². The smallest absolute Gasteiger partial charge is 0.0675 e. The lowest BCUT2D eigenvalue weighted by Crippen LogP contribution is -2.28. The van der Waals surface area contributed by atoms with E-state index in [1.54, 1.807) is 0 Å². The molecule has 0 heterocycles. The van der Waals surface area contributed by atoms with Crippen molar-refractivity contribution in [3.05, 3.63) is 11.6 Å². The first-order valence-electron chi connectivity index (χ1n) is 3.76. The van der Waals surface area contributed by atoms with Crippen molar-refractivity contribution in [2.24, 2.45) is 0 Å². The molecule has 0 atom stereocenters. The van der Waals surface area contributed by atoms with Crippen LogP contribution < -0.4 is 15.3 Å². The van der Waals surface area contributed by atoms with Crippen molar-refractivity contribution in [1.29, 1.82) is 0 Å². The second-order valence-electron chi connectivity index (χ2n) is 2.50. The van der Waals surface area contributed by atoms with Gasteiger partial charge in [0.05, 0.1) is 11.9 Å². The van der Waals surface area contributed by atoms with Gasteiger partial charge in [-0.25, -0.2) is 0 Å². The molecule has 0 unspecified atom stereocenters. The van der Waals surface area contributed by atoms with Crippen LogP contribution in [-0.2, 0) is 14.4 Å². The van der Waals surface area contributed by atoms with E-state index in [0.717, 1.165) is 0 Å². The molecule has 0 N–H and O–H groups in total. The summed E-state index contributed by atoms with van der Waals surface area (Å²) in [5.74, 6) is -4.62. The monoisotopic (exact) mass is 199 g/mol. The van der Waals surface area contributed by atoms with Crippen molar-refractivity contribution in [1.82, 2.24) is 0 Å². The SMILES string of the molecule is O=C([O-])/C=C(/CCCC(=O)[O-])C(=O)[O-]. The van der Waals surface area contributed by atoms with Crippen LogP contribution in [-0.4, -0.2) is 17.9 Å². The van der Waals surface area contributed by atoms with Crippen LogP contribution in [0.4, 0.5) is 0 Å². The highest BCUT2D eigenvalue weighted by atomic mass is 16.4. The number of carboxylic acids is 3. The minimum Gasteiger partial charge on any atom is -0.550 e. The van der Waals surface area contributed by atoms with E-state index in [9.17, 15) is 29.7 Å². The first-order valence-corrected chi connectivity index (χ1v) is 3.76. The fourth-order valence-electron chi connectivity index (χ4n) is 0.799. The fraction of sp³-hybridized carbons (Fsp3) is 0.375. The van der Waals surface area contributed by atoms with Crippen molar-refractivity contribution >= 4 is 17.9 Å². The predicted molar refractivity (Wildman–Crippen MR) is 37.0 cm³/mol. The average Bonchev–Trinajstić information content (AvgIpc) is 2.00. The molecular weight excluding hydrogens is 192 g/mol. The van der Waals surface area contributed by atoms with Gasteiger partial charge in [-0.2, -0.15) is 0 Å². The quantitative estimate of drug-likeness (QED) is 0.406. The largest absolute Gasteiger partial charge is 0.550 e. The number of carbonyl (C=O) groups excluding carboxylic acids is 3. The lowest BCUT2D eigenvalue weighted by molar-refractivity contribution is -0.306. The van der Waals surface area contributed by atoms with Gasteiger partial charge in [0.1, 0.15) is 0 Å². The summed E-state index contributed by atoms with van der Waals surface area (Å²) in [5, 5.41) is 30.2. The summed E-state index contributed by atoms with van der Waals surface area (Å²) in [6.45, 7) is 0.